The van der Waals surface area contributed by atoms with Crippen LogP contribution in [0.3, 0.4) is 0 Å². The second kappa shape index (κ2) is 5.34. The first kappa shape index (κ1) is 13.0. The van der Waals surface area contributed by atoms with Crippen LogP contribution in [0.4, 0.5) is 5.69 Å². The first-order chi connectivity index (χ1) is 7.91. The lowest BCUT2D eigenvalue weighted by molar-refractivity contribution is -0.463. The molecular formula is C8H9ClN5O3-. The first-order valence-electron chi connectivity index (χ1n) is 4.26. The number of guanidine groups is 1. The summed E-state index contributed by atoms with van der Waals surface area (Å²) in [6, 6.07) is 4.09. The zero-order valence-corrected chi connectivity index (χ0v) is 9.20. The molecule has 0 spiro atoms. The molecule has 0 aliphatic rings. The highest BCUT2D eigenvalue weighted by Gasteiger charge is 2.01. The molecule has 0 saturated carbocycles. The van der Waals surface area contributed by atoms with E-state index in [0.29, 0.717) is 5.56 Å². The Morgan fingerprint density at radius 3 is 2.71 bits per heavy atom. The van der Waals surface area contributed by atoms with Gasteiger partial charge in [0.1, 0.15) is 0 Å². The van der Waals surface area contributed by atoms with E-state index in [0.717, 1.165) is 6.21 Å². The molecule has 0 heterocycles. The molecule has 1 rings (SSSR count). The summed E-state index contributed by atoms with van der Waals surface area (Å²) >= 11 is 5.64. The van der Waals surface area contributed by atoms with Crippen molar-refractivity contribution >= 4 is 29.5 Å². The second-order valence-corrected chi connectivity index (χ2v) is 3.33. The number of anilines is 1. The van der Waals surface area contributed by atoms with Crippen molar-refractivity contribution in [2.45, 2.75) is 0 Å². The van der Waals surface area contributed by atoms with Crippen LogP contribution in [0.25, 0.3) is 0 Å². The van der Waals surface area contributed by atoms with E-state index in [1.165, 1.54) is 18.2 Å². The molecule has 0 radical (unpaired) electrons. The van der Waals surface area contributed by atoms with Gasteiger partial charge in [-0.15, -0.1) is 9.95 Å². The molecule has 8 nitrogen and oxygen atoms in total. The molecule has 0 fully saturated rings. The number of nitrogens with zero attached hydrogens (tertiary/aromatic N) is 3. The smallest absolute Gasteiger partial charge is 0.366 e. The third-order valence-corrected chi connectivity index (χ3v) is 2.03. The molecule has 17 heavy (non-hydrogen) atoms. The Balaban J connectivity index is 3.02. The summed E-state index contributed by atoms with van der Waals surface area (Å²) < 4.78 is 0. The topological polar surface area (TPSA) is 137 Å². The van der Waals surface area contributed by atoms with E-state index >= 15 is 0 Å². The predicted octanol–water partition coefficient (Wildman–Crippen LogP) is 0.151. The van der Waals surface area contributed by atoms with Gasteiger partial charge in [-0.1, -0.05) is 17.7 Å². The van der Waals surface area contributed by atoms with Crippen molar-refractivity contribution in [1.29, 1.82) is 0 Å². The van der Waals surface area contributed by atoms with Crippen LogP contribution in [0.5, 0.6) is 0 Å². The fourth-order valence-corrected chi connectivity index (χ4v) is 1.13. The van der Waals surface area contributed by atoms with Crippen LogP contribution in [-0.2, 0) is 0 Å². The van der Waals surface area contributed by atoms with Gasteiger partial charge in [0.2, 0.25) is 0 Å². The van der Waals surface area contributed by atoms with Crippen LogP contribution in [0.15, 0.2) is 23.3 Å². The molecule has 0 unspecified atom stereocenters. The van der Waals surface area contributed by atoms with E-state index in [1.54, 1.807) is 0 Å². The average molecular weight is 259 g/mol. The molecule has 0 aliphatic carbocycles. The summed E-state index contributed by atoms with van der Waals surface area (Å²) in [7, 11) is 0. The van der Waals surface area contributed by atoms with Crippen LogP contribution in [0.2, 0.25) is 5.02 Å². The molecule has 0 bridgehead atoms. The maximum atomic E-state index is 10.9. The molecule has 92 valence electrons. The van der Waals surface area contributed by atoms with Crippen LogP contribution < -0.4 is 16.7 Å². The highest BCUT2D eigenvalue weighted by molar-refractivity contribution is 6.33. The summed E-state index contributed by atoms with van der Waals surface area (Å²) in [5.74, 6) is -0.525. The highest BCUT2D eigenvalue weighted by Crippen LogP contribution is 2.24. The lowest BCUT2D eigenvalue weighted by atomic mass is 10.2. The number of benzene rings is 1. The van der Waals surface area contributed by atoms with Gasteiger partial charge in [-0.2, -0.15) is 0 Å². The van der Waals surface area contributed by atoms with Gasteiger partial charge in [0.05, 0.1) is 16.9 Å². The maximum Gasteiger partial charge on any atom is 0.366 e. The Hall–Kier alpha value is -2.03. The Labute approximate surface area is 101 Å². The van der Waals surface area contributed by atoms with Crippen molar-refractivity contribution in [3.8, 4) is 0 Å². The molecule has 0 atom stereocenters. The Morgan fingerprint density at radius 2 is 2.18 bits per heavy atom. The van der Waals surface area contributed by atoms with Gasteiger partial charge in [-0.3, -0.25) is 16.7 Å². The van der Waals surface area contributed by atoms with E-state index < -0.39 is 11.2 Å². The number of hydrogen-bond acceptors (Lipinski definition) is 5. The van der Waals surface area contributed by atoms with Gasteiger partial charge in [-0.05, 0) is 17.7 Å². The number of halogens is 1. The minimum absolute atomic E-state index is 0.00217. The molecule has 1 aromatic carbocycles. The van der Waals surface area contributed by atoms with Crippen LogP contribution in [0.1, 0.15) is 5.56 Å². The van der Waals surface area contributed by atoms with E-state index in [4.69, 9.17) is 28.3 Å². The van der Waals surface area contributed by atoms with E-state index in [-0.39, 0.29) is 15.6 Å². The van der Waals surface area contributed by atoms with Crippen LogP contribution in [-0.4, -0.2) is 22.2 Å². The Kier molecular flexibility index (Phi) is 4.10. The lowest BCUT2D eigenvalue weighted by Crippen LogP contribution is -2.30. The van der Waals surface area contributed by atoms with Crippen molar-refractivity contribution in [1.82, 2.24) is 0 Å². The summed E-state index contributed by atoms with van der Waals surface area (Å²) in [4.78, 5) is 0.00217. The lowest BCUT2D eigenvalue weighted by Gasteiger charge is -2.22. The fraction of sp³-hybridized carbons (Fsp3) is 0. The van der Waals surface area contributed by atoms with Gasteiger partial charge in [0.15, 0.2) is 0 Å². The molecular weight excluding hydrogens is 250 g/mol. The monoisotopic (exact) mass is 258 g/mol. The molecule has 0 aliphatic heterocycles. The van der Waals surface area contributed by atoms with Gasteiger partial charge in [0, 0.05) is 0 Å². The third-order valence-electron chi connectivity index (χ3n) is 1.71. The predicted molar refractivity (Wildman–Crippen MR) is 63.7 cm³/mol. The Morgan fingerprint density at radius 1 is 1.53 bits per heavy atom. The first-order valence-corrected chi connectivity index (χ1v) is 4.64. The van der Waals surface area contributed by atoms with Gasteiger partial charge in [-0.25, -0.2) is 0 Å². The SMILES string of the molecule is NC(N)=[N+]([O-])/N=C/c1ccc(Cl)c(N([O-])O)c1. The minimum atomic E-state index is -0.525. The van der Waals surface area contributed by atoms with Crippen molar-refractivity contribution in [2.24, 2.45) is 16.6 Å². The van der Waals surface area contributed by atoms with E-state index in [1.807, 2.05) is 0 Å². The maximum absolute atomic E-state index is 10.9. The summed E-state index contributed by atoms with van der Waals surface area (Å²) in [6.07, 6.45) is 1.11. The summed E-state index contributed by atoms with van der Waals surface area (Å²) in [6.45, 7) is 0. The Bertz CT molecular complexity index is 470. The zero-order valence-electron chi connectivity index (χ0n) is 8.45. The largest absolute Gasteiger partial charge is 0.733 e. The van der Waals surface area contributed by atoms with E-state index in [9.17, 15) is 10.4 Å². The van der Waals surface area contributed by atoms with Crippen LogP contribution in [0, 0.1) is 10.4 Å². The minimum Gasteiger partial charge on any atom is -0.733 e. The number of rotatable bonds is 3. The van der Waals surface area contributed by atoms with Gasteiger partial charge >= 0.3 is 5.96 Å². The number of hydrazone groups is 1. The van der Waals surface area contributed by atoms with E-state index in [2.05, 4.69) is 5.10 Å². The van der Waals surface area contributed by atoms with Crippen molar-refractivity contribution in [3.05, 3.63) is 39.2 Å². The number of nitrogens with two attached hydrogens (primary N) is 2. The van der Waals surface area contributed by atoms with Gasteiger partial charge in [0.25, 0.3) is 0 Å². The molecule has 0 saturated heterocycles. The molecule has 0 amide bonds. The zero-order chi connectivity index (χ0) is 13.0. The van der Waals surface area contributed by atoms with Crippen molar-refractivity contribution in [2.75, 3.05) is 5.23 Å². The van der Waals surface area contributed by atoms with Crippen molar-refractivity contribution in [3.63, 3.8) is 0 Å². The van der Waals surface area contributed by atoms with Crippen molar-refractivity contribution < 1.29 is 10.1 Å². The quantitative estimate of drug-likeness (QED) is 0.232. The standard InChI is InChI=1S/C8H9ClN5O3/c9-6-2-1-5(3-7(6)14(16)17)4-12-13(15)8(10)11/h1-4,16H,10-11H2/q-1/b12-4+. The normalized spacial score (nSPS) is 10.5. The highest BCUT2D eigenvalue weighted by atomic mass is 35.5. The van der Waals surface area contributed by atoms with Crippen LogP contribution >= 0.6 is 11.6 Å². The number of hydrogen-bond donors (Lipinski definition) is 3. The molecule has 5 N–H and O–H groups in total. The fourth-order valence-electron chi connectivity index (χ4n) is 0.942. The third kappa shape index (κ3) is 3.48. The van der Waals surface area contributed by atoms with Gasteiger partial charge < -0.3 is 15.6 Å². The molecule has 1 aromatic rings. The molecule has 9 heteroatoms. The summed E-state index contributed by atoms with van der Waals surface area (Å²) in [5.41, 5.74) is 10.1. The molecule has 0 aromatic heterocycles. The second-order valence-electron chi connectivity index (χ2n) is 2.93. The summed E-state index contributed by atoms with van der Waals surface area (Å²) in [5, 5.41) is 33.3. The average Bonchev–Trinajstić information content (AvgIpc) is 2.26.